The maximum atomic E-state index is 3.94. The van der Waals surface area contributed by atoms with Crippen LogP contribution < -0.4 is 0 Å². The molecule has 1 aliphatic rings. The lowest BCUT2D eigenvalue weighted by Crippen LogP contribution is -2.12. The Morgan fingerprint density at radius 3 is 3.06 bits per heavy atom. The van der Waals surface area contributed by atoms with Crippen LogP contribution in [-0.2, 0) is 6.42 Å². The van der Waals surface area contributed by atoms with Gasteiger partial charge < -0.3 is 4.90 Å². The van der Waals surface area contributed by atoms with Gasteiger partial charge in [-0.05, 0) is 25.0 Å². The maximum absolute atomic E-state index is 3.94. The maximum Gasteiger partial charge on any atom is 0.174 e. The molecule has 5 heteroatoms. The summed E-state index contributed by atoms with van der Waals surface area (Å²) in [6.07, 6.45) is 10.4. The smallest absolute Gasteiger partial charge is 0.174 e. The van der Waals surface area contributed by atoms with Crippen molar-refractivity contribution in [3.63, 3.8) is 0 Å². The highest BCUT2D eigenvalue weighted by molar-refractivity contribution is 4.96. The number of hydrogen-bond acceptors (Lipinski definition) is 4. The van der Waals surface area contributed by atoms with Gasteiger partial charge in [-0.25, -0.2) is 0 Å². The standard InChI is InChI=1S/C11H19N5/c1-16-8-7-10(9-16)5-3-2-4-6-11-12-14-15-13-11/h7-8,10H,2-6,9H2,1H3,(H,12,13,14,15). The van der Waals surface area contributed by atoms with E-state index in [0.29, 0.717) is 0 Å². The number of aromatic nitrogens is 4. The van der Waals surface area contributed by atoms with E-state index in [1.54, 1.807) is 0 Å². The topological polar surface area (TPSA) is 57.7 Å². The normalized spacial score (nSPS) is 19.6. The van der Waals surface area contributed by atoms with Gasteiger partial charge in [0.1, 0.15) is 0 Å². The first-order valence-electron chi connectivity index (χ1n) is 5.95. The van der Waals surface area contributed by atoms with Crippen LogP contribution in [0.2, 0.25) is 0 Å². The average Bonchev–Trinajstić information content (AvgIpc) is 2.89. The Morgan fingerprint density at radius 1 is 1.44 bits per heavy atom. The Hall–Kier alpha value is -1.39. The highest BCUT2D eigenvalue weighted by Crippen LogP contribution is 2.17. The van der Waals surface area contributed by atoms with Crippen LogP contribution in [0.1, 0.15) is 31.5 Å². The number of tetrazole rings is 1. The van der Waals surface area contributed by atoms with E-state index in [9.17, 15) is 0 Å². The molecule has 0 spiro atoms. The van der Waals surface area contributed by atoms with Crippen molar-refractivity contribution in [2.75, 3.05) is 13.6 Å². The number of rotatable bonds is 6. The molecule has 0 aromatic carbocycles. The molecule has 0 radical (unpaired) electrons. The molecule has 0 saturated carbocycles. The zero-order chi connectivity index (χ0) is 11.2. The van der Waals surface area contributed by atoms with Crippen molar-refractivity contribution in [1.29, 1.82) is 0 Å². The molecule has 2 rings (SSSR count). The third-order valence-corrected chi connectivity index (χ3v) is 3.00. The number of aromatic amines is 1. The first-order valence-corrected chi connectivity index (χ1v) is 5.95. The van der Waals surface area contributed by atoms with Crippen LogP contribution in [0.3, 0.4) is 0 Å². The van der Waals surface area contributed by atoms with Crippen molar-refractivity contribution < 1.29 is 0 Å². The quantitative estimate of drug-likeness (QED) is 0.737. The molecule has 1 aromatic rings. The zero-order valence-corrected chi connectivity index (χ0v) is 9.76. The fourth-order valence-electron chi connectivity index (χ4n) is 2.10. The van der Waals surface area contributed by atoms with Gasteiger partial charge in [0.2, 0.25) is 0 Å². The summed E-state index contributed by atoms with van der Waals surface area (Å²) < 4.78 is 0. The van der Waals surface area contributed by atoms with E-state index in [0.717, 1.165) is 24.6 Å². The van der Waals surface area contributed by atoms with Crippen molar-refractivity contribution in [2.24, 2.45) is 5.92 Å². The van der Waals surface area contributed by atoms with Gasteiger partial charge in [-0.2, -0.15) is 5.21 Å². The zero-order valence-electron chi connectivity index (χ0n) is 9.76. The Labute approximate surface area is 95.9 Å². The average molecular weight is 221 g/mol. The van der Waals surface area contributed by atoms with Crippen molar-refractivity contribution in [1.82, 2.24) is 25.5 Å². The van der Waals surface area contributed by atoms with E-state index in [-0.39, 0.29) is 0 Å². The van der Waals surface area contributed by atoms with Crippen LogP contribution in [0.4, 0.5) is 0 Å². The summed E-state index contributed by atoms with van der Waals surface area (Å²) in [5, 5.41) is 13.9. The molecule has 2 heterocycles. The van der Waals surface area contributed by atoms with Crippen LogP contribution in [0.15, 0.2) is 12.3 Å². The summed E-state index contributed by atoms with van der Waals surface area (Å²) in [5.41, 5.74) is 0. The molecular formula is C11H19N5. The number of H-pyrrole nitrogens is 1. The predicted octanol–water partition coefficient (Wildman–Crippen LogP) is 1.38. The summed E-state index contributed by atoms with van der Waals surface area (Å²) in [6.45, 7) is 1.19. The minimum atomic E-state index is 0.759. The molecule has 0 fully saturated rings. The molecule has 1 N–H and O–H groups in total. The second-order valence-corrected chi connectivity index (χ2v) is 4.47. The molecule has 1 atom stereocenters. The SMILES string of the molecule is CN1C=CC(CCCCCc2nn[nH]n2)C1. The van der Waals surface area contributed by atoms with Gasteiger partial charge in [-0.15, -0.1) is 10.2 Å². The molecule has 0 saturated heterocycles. The highest BCUT2D eigenvalue weighted by atomic mass is 15.5. The highest BCUT2D eigenvalue weighted by Gasteiger charge is 2.11. The van der Waals surface area contributed by atoms with Crippen molar-refractivity contribution in [3.05, 3.63) is 18.1 Å². The first-order chi connectivity index (χ1) is 7.84. The largest absolute Gasteiger partial charge is 0.380 e. The number of aryl methyl sites for hydroxylation is 1. The lowest BCUT2D eigenvalue weighted by Gasteiger charge is -2.11. The Balaban J connectivity index is 1.51. The number of unbranched alkanes of at least 4 members (excludes halogenated alkanes) is 2. The van der Waals surface area contributed by atoms with Gasteiger partial charge in [0.05, 0.1) is 0 Å². The van der Waals surface area contributed by atoms with E-state index >= 15 is 0 Å². The van der Waals surface area contributed by atoms with Gasteiger partial charge in [0.15, 0.2) is 5.82 Å². The van der Waals surface area contributed by atoms with Crippen LogP contribution >= 0.6 is 0 Å². The van der Waals surface area contributed by atoms with E-state index in [1.807, 2.05) is 0 Å². The molecular weight excluding hydrogens is 202 g/mol. The van der Waals surface area contributed by atoms with Gasteiger partial charge in [0.25, 0.3) is 0 Å². The van der Waals surface area contributed by atoms with E-state index < -0.39 is 0 Å². The lowest BCUT2D eigenvalue weighted by atomic mass is 10.0. The first kappa shape index (κ1) is 11.1. The van der Waals surface area contributed by atoms with Gasteiger partial charge in [-0.3, -0.25) is 0 Å². The van der Waals surface area contributed by atoms with Crippen molar-refractivity contribution in [3.8, 4) is 0 Å². The van der Waals surface area contributed by atoms with Crippen LogP contribution in [0.25, 0.3) is 0 Å². The molecule has 5 nitrogen and oxygen atoms in total. The predicted molar refractivity (Wildman–Crippen MR) is 61.6 cm³/mol. The second kappa shape index (κ2) is 5.63. The van der Waals surface area contributed by atoms with Crippen LogP contribution in [0, 0.1) is 5.92 Å². The molecule has 0 bridgehead atoms. The van der Waals surface area contributed by atoms with E-state index in [4.69, 9.17) is 0 Å². The van der Waals surface area contributed by atoms with E-state index in [1.165, 1.54) is 25.8 Å². The second-order valence-electron chi connectivity index (χ2n) is 4.47. The van der Waals surface area contributed by atoms with Gasteiger partial charge in [-0.1, -0.05) is 24.1 Å². The minimum absolute atomic E-state index is 0.759. The van der Waals surface area contributed by atoms with Crippen molar-refractivity contribution >= 4 is 0 Å². The Morgan fingerprint density at radius 2 is 2.38 bits per heavy atom. The van der Waals surface area contributed by atoms with E-state index in [2.05, 4.69) is 44.8 Å². The van der Waals surface area contributed by atoms with Gasteiger partial charge in [0, 0.05) is 20.0 Å². The molecule has 0 amide bonds. The number of nitrogens with one attached hydrogen (secondary N) is 1. The molecule has 1 aliphatic heterocycles. The molecule has 88 valence electrons. The minimum Gasteiger partial charge on any atom is -0.380 e. The summed E-state index contributed by atoms with van der Waals surface area (Å²) in [6, 6.07) is 0. The fraction of sp³-hybridized carbons (Fsp3) is 0.727. The number of hydrogen-bond donors (Lipinski definition) is 1. The fourth-order valence-corrected chi connectivity index (χ4v) is 2.10. The third kappa shape index (κ3) is 3.32. The molecule has 16 heavy (non-hydrogen) atoms. The summed E-state index contributed by atoms with van der Waals surface area (Å²) >= 11 is 0. The number of nitrogens with zero attached hydrogens (tertiary/aromatic N) is 4. The van der Waals surface area contributed by atoms with Crippen molar-refractivity contribution in [2.45, 2.75) is 32.1 Å². The molecule has 1 unspecified atom stereocenters. The lowest BCUT2D eigenvalue weighted by molar-refractivity contribution is 0.412. The monoisotopic (exact) mass is 221 g/mol. The summed E-state index contributed by atoms with van der Waals surface area (Å²) in [5.74, 6) is 1.59. The van der Waals surface area contributed by atoms with Crippen LogP contribution in [0.5, 0.6) is 0 Å². The van der Waals surface area contributed by atoms with Crippen LogP contribution in [-0.4, -0.2) is 39.1 Å². The molecule has 1 aromatic heterocycles. The summed E-state index contributed by atoms with van der Waals surface area (Å²) in [4.78, 5) is 2.25. The van der Waals surface area contributed by atoms with Gasteiger partial charge >= 0.3 is 0 Å². The Bertz CT molecular complexity index is 319. The third-order valence-electron chi connectivity index (χ3n) is 3.00. The summed E-state index contributed by atoms with van der Waals surface area (Å²) in [7, 11) is 2.13. The molecule has 0 aliphatic carbocycles. The Kier molecular flexibility index (Phi) is 3.91.